The Kier molecular flexibility index (Phi) is 3.87. The molecule has 0 atom stereocenters. The van der Waals surface area contributed by atoms with Crippen molar-refractivity contribution in [2.45, 2.75) is 18.3 Å². The van der Waals surface area contributed by atoms with E-state index in [9.17, 15) is 13.2 Å². The molecule has 0 aliphatic heterocycles. The summed E-state index contributed by atoms with van der Waals surface area (Å²) < 4.78 is 22.0. The standard InChI is InChI=1S/C13H16ClNO3S/c1-19(17,18)8-7-15-12(16)13(5-6-13)10-3-2-4-11(14)9-10/h2-4,9H,5-8H2,1H3,(H,15,16). The van der Waals surface area contributed by atoms with E-state index in [4.69, 9.17) is 11.6 Å². The number of halogens is 1. The predicted octanol–water partition coefficient (Wildman–Crippen LogP) is 1.53. The van der Waals surface area contributed by atoms with Crippen LogP contribution in [0.4, 0.5) is 0 Å². The third kappa shape index (κ3) is 3.48. The van der Waals surface area contributed by atoms with Crippen LogP contribution in [-0.4, -0.2) is 32.9 Å². The molecule has 1 aromatic carbocycles. The maximum atomic E-state index is 12.2. The predicted molar refractivity (Wildman–Crippen MR) is 75.1 cm³/mol. The smallest absolute Gasteiger partial charge is 0.230 e. The van der Waals surface area contributed by atoms with Crippen LogP contribution in [-0.2, 0) is 20.0 Å². The number of carbonyl (C=O) groups excluding carboxylic acids is 1. The minimum absolute atomic E-state index is 0.0373. The minimum atomic E-state index is -3.05. The molecule has 1 aliphatic rings. The van der Waals surface area contributed by atoms with E-state index in [1.807, 2.05) is 12.1 Å². The first-order chi connectivity index (χ1) is 8.83. The maximum Gasteiger partial charge on any atom is 0.230 e. The average molecular weight is 302 g/mol. The fourth-order valence-electron chi connectivity index (χ4n) is 2.08. The van der Waals surface area contributed by atoms with Gasteiger partial charge in [0.2, 0.25) is 5.91 Å². The van der Waals surface area contributed by atoms with Crippen molar-refractivity contribution in [3.05, 3.63) is 34.9 Å². The molecule has 19 heavy (non-hydrogen) atoms. The SMILES string of the molecule is CS(=O)(=O)CCNC(=O)C1(c2cccc(Cl)c2)CC1. The Bertz CT molecular complexity index is 594. The molecule has 1 N–H and O–H groups in total. The van der Waals surface area contributed by atoms with Gasteiger partial charge in [0.15, 0.2) is 0 Å². The van der Waals surface area contributed by atoms with E-state index in [0.717, 1.165) is 24.7 Å². The summed E-state index contributed by atoms with van der Waals surface area (Å²) in [5.74, 6) is -0.150. The molecule has 0 heterocycles. The van der Waals surface area contributed by atoms with Gasteiger partial charge >= 0.3 is 0 Å². The van der Waals surface area contributed by atoms with Crippen LogP contribution >= 0.6 is 11.6 Å². The zero-order valence-corrected chi connectivity index (χ0v) is 12.2. The number of sulfone groups is 1. The second-order valence-electron chi connectivity index (χ2n) is 4.98. The second kappa shape index (κ2) is 5.13. The summed E-state index contributed by atoms with van der Waals surface area (Å²) in [6, 6.07) is 7.27. The lowest BCUT2D eigenvalue weighted by molar-refractivity contribution is -0.123. The van der Waals surface area contributed by atoms with Gasteiger partial charge in [-0.15, -0.1) is 0 Å². The van der Waals surface area contributed by atoms with Crippen molar-refractivity contribution in [2.75, 3.05) is 18.6 Å². The van der Waals surface area contributed by atoms with Crippen molar-refractivity contribution in [2.24, 2.45) is 0 Å². The van der Waals surface area contributed by atoms with Crippen molar-refractivity contribution in [3.63, 3.8) is 0 Å². The molecule has 0 bridgehead atoms. The van der Waals surface area contributed by atoms with Crippen LogP contribution in [0.15, 0.2) is 24.3 Å². The number of carbonyl (C=O) groups is 1. The van der Waals surface area contributed by atoms with Crippen molar-refractivity contribution in [3.8, 4) is 0 Å². The van der Waals surface area contributed by atoms with Crippen LogP contribution in [0.3, 0.4) is 0 Å². The van der Waals surface area contributed by atoms with Crippen LogP contribution in [0, 0.1) is 0 Å². The topological polar surface area (TPSA) is 63.2 Å². The Labute approximate surface area is 118 Å². The van der Waals surface area contributed by atoms with Gasteiger partial charge in [0.1, 0.15) is 9.84 Å². The molecule has 1 aromatic rings. The van der Waals surface area contributed by atoms with Crippen molar-refractivity contribution < 1.29 is 13.2 Å². The number of nitrogens with one attached hydrogen (secondary N) is 1. The monoisotopic (exact) mass is 301 g/mol. The highest BCUT2D eigenvalue weighted by atomic mass is 35.5. The summed E-state index contributed by atoms with van der Waals surface area (Å²) in [7, 11) is -3.05. The first-order valence-corrected chi connectivity index (χ1v) is 8.49. The zero-order chi connectivity index (χ0) is 14.1. The summed E-state index contributed by atoms with van der Waals surface area (Å²) in [6.45, 7) is 0.153. The van der Waals surface area contributed by atoms with E-state index in [0.29, 0.717) is 5.02 Å². The summed E-state index contributed by atoms with van der Waals surface area (Å²) in [4.78, 5) is 12.2. The fourth-order valence-corrected chi connectivity index (χ4v) is 2.74. The van der Waals surface area contributed by atoms with Crippen LogP contribution in [0.25, 0.3) is 0 Å². The van der Waals surface area contributed by atoms with Crippen LogP contribution in [0.2, 0.25) is 5.02 Å². The van der Waals surface area contributed by atoms with Crippen LogP contribution in [0.1, 0.15) is 18.4 Å². The molecule has 104 valence electrons. The molecule has 6 heteroatoms. The Balaban J connectivity index is 2.03. The Morgan fingerprint density at radius 3 is 2.63 bits per heavy atom. The molecule has 0 saturated heterocycles. The van der Waals surface area contributed by atoms with E-state index in [1.54, 1.807) is 12.1 Å². The van der Waals surface area contributed by atoms with Gasteiger partial charge in [-0.3, -0.25) is 4.79 Å². The third-order valence-electron chi connectivity index (χ3n) is 3.32. The van der Waals surface area contributed by atoms with E-state index >= 15 is 0 Å². The highest BCUT2D eigenvalue weighted by Gasteiger charge is 2.51. The summed E-state index contributed by atoms with van der Waals surface area (Å²) in [5, 5.41) is 3.30. The summed E-state index contributed by atoms with van der Waals surface area (Å²) >= 11 is 5.94. The molecule has 4 nitrogen and oxygen atoms in total. The first-order valence-electron chi connectivity index (χ1n) is 6.06. The lowest BCUT2D eigenvalue weighted by atomic mass is 9.95. The number of amides is 1. The minimum Gasteiger partial charge on any atom is -0.354 e. The van der Waals surface area contributed by atoms with Gasteiger partial charge in [-0.1, -0.05) is 23.7 Å². The van der Waals surface area contributed by atoms with Crippen molar-refractivity contribution in [1.82, 2.24) is 5.32 Å². The van der Waals surface area contributed by atoms with E-state index in [1.165, 1.54) is 0 Å². The third-order valence-corrected chi connectivity index (χ3v) is 4.50. The molecule has 0 unspecified atom stereocenters. The summed E-state index contributed by atoms with van der Waals surface area (Å²) in [5.41, 5.74) is 0.388. The Morgan fingerprint density at radius 2 is 2.11 bits per heavy atom. The van der Waals surface area contributed by atoms with E-state index < -0.39 is 15.3 Å². The van der Waals surface area contributed by atoms with Gasteiger partial charge < -0.3 is 5.32 Å². The number of hydrogen-bond donors (Lipinski definition) is 1. The van der Waals surface area contributed by atoms with Crippen molar-refractivity contribution in [1.29, 1.82) is 0 Å². The van der Waals surface area contributed by atoms with Crippen molar-refractivity contribution >= 4 is 27.3 Å². The molecule has 2 rings (SSSR count). The number of rotatable bonds is 5. The first kappa shape index (κ1) is 14.3. The molecule has 1 fully saturated rings. The Morgan fingerprint density at radius 1 is 1.42 bits per heavy atom. The maximum absolute atomic E-state index is 12.2. The largest absolute Gasteiger partial charge is 0.354 e. The second-order valence-corrected chi connectivity index (χ2v) is 7.67. The lowest BCUT2D eigenvalue weighted by Crippen LogP contribution is -2.37. The lowest BCUT2D eigenvalue weighted by Gasteiger charge is -2.15. The zero-order valence-electron chi connectivity index (χ0n) is 10.6. The van der Waals surface area contributed by atoms with Gasteiger partial charge in [0.05, 0.1) is 11.2 Å². The molecule has 1 saturated carbocycles. The van der Waals surface area contributed by atoms with E-state index in [2.05, 4.69) is 5.32 Å². The van der Waals surface area contributed by atoms with Gasteiger partial charge in [0, 0.05) is 17.8 Å². The van der Waals surface area contributed by atoms with Crippen LogP contribution < -0.4 is 5.32 Å². The molecule has 0 spiro atoms. The Hall–Kier alpha value is -1.07. The molecular formula is C13H16ClNO3S. The normalized spacial score (nSPS) is 16.9. The molecule has 1 aliphatic carbocycles. The quantitative estimate of drug-likeness (QED) is 0.897. The highest BCUT2D eigenvalue weighted by molar-refractivity contribution is 7.90. The fraction of sp³-hybridized carbons (Fsp3) is 0.462. The van der Waals surface area contributed by atoms with E-state index in [-0.39, 0.29) is 18.2 Å². The average Bonchev–Trinajstić information content (AvgIpc) is 3.08. The number of hydrogen-bond acceptors (Lipinski definition) is 3. The number of benzene rings is 1. The van der Waals surface area contributed by atoms with Gasteiger partial charge in [-0.25, -0.2) is 8.42 Å². The molecular weight excluding hydrogens is 286 g/mol. The van der Waals surface area contributed by atoms with Gasteiger partial charge in [-0.2, -0.15) is 0 Å². The molecule has 0 aromatic heterocycles. The van der Waals surface area contributed by atoms with Crippen LogP contribution in [0.5, 0.6) is 0 Å². The summed E-state index contributed by atoms with van der Waals surface area (Å²) in [6.07, 6.45) is 2.71. The van der Waals surface area contributed by atoms with Gasteiger partial charge in [0.25, 0.3) is 0 Å². The highest BCUT2D eigenvalue weighted by Crippen LogP contribution is 2.48. The molecule has 1 amide bonds. The molecule has 0 radical (unpaired) electrons. The van der Waals surface area contributed by atoms with Gasteiger partial charge in [-0.05, 0) is 30.5 Å².